The van der Waals surface area contributed by atoms with Crippen molar-refractivity contribution in [1.29, 1.82) is 0 Å². The van der Waals surface area contributed by atoms with Crippen LogP contribution in [0.5, 0.6) is 5.75 Å². The number of hydrogen-bond donors (Lipinski definition) is 2. The van der Waals surface area contributed by atoms with Crippen molar-refractivity contribution in [3.63, 3.8) is 0 Å². The topological polar surface area (TPSA) is 105 Å². The molecule has 0 unspecified atom stereocenters. The number of benzene rings is 1. The molecule has 0 radical (unpaired) electrons. The fourth-order valence-electron chi connectivity index (χ4n) is 3.61. The van der Waals surface area contributed by atoms with Gasteiger partial charge in [-0.1, -0.05) is 18.2 Å². The summed E-state index contributed by atoms with van der Waals surface area (Å²) in [4.78, 5) is 38.9. The monoisotopic (exact) mass is 437 g/mol. The average molecular weight is 437 g/mol. The van der Waals surface area contributed by atoms with Crippen LogP contribution in [-0.4, -0.2) is 41.4 Å². The summed E-state index contributed by atoms with van der Waals surface area (Å²) in [5.74, 6) is -0.739. The Bertz CT molecular complexity index is 1040. The summed E-state index contributed by atoms with van der Waals surface area (Å²) >= 11 is 0. The lowest BCUT2D eigenvalue weighted by molar-refractivity contribution is -0.141. The number of alkyl halides is 3. The number of amides is 2. The maximum atomic E-state index is 13.2. The smallest absolute Gasteiger partial charge is 0.431 e. The highest BCUT2D eigenvalue weighted by Crippen LogP contribution is 2.35. The van der Waals surface area contributed by atoms with Gasteiger partial charge in [-0.2, -0.15) is 13.2 Å². The SMILES string of the molecule is CC(=O)N1CCC(COc2ccccc2-c2cc(C(F)(F)F)[nH]c(=O)c2C(N)=O)CC1. The van der Waals surface area contributed by atoms with Crippen LogP contribution in [0.25, 0.3) is 11.1 Å². The zero-order chi connectivity index (χ0) is 22.8. The minimum Gasteiger partial charge on any atom is -0.493 e. The van der Waals surface area contributed by atoms with Gasteiger partial charge in [0.1, 0.15) is 17.0 Å². The number of nitrogens with one attached hydrogen (secondary N) is 1. The largest absolute Gasteiger partial charge is 0.493 e. The molecule has 1 saturated heterocycles. The number of pyridine rings is 1. The summed E-state index contributed by atoms with van der Waals surface area (Å²) in [5.41, 5.74) is 2.12. The molecule has 10 heteroatoms. The fraction of sp³-hybridized carbons (Fsp3) is 0.381. The normalized spacial score (nSPS) is 15.0. The van der Waals surface area contributed by atoms with E-state index in [0.29, 0.717) is 19.2 Å². The molecule has 7 nitrogen and oxygen atoms in total. The quantitative estimate of drug-likeness (QED) is 0.750. The highest BCUT2D eigenvalue weighted by Gasteiger charge is 2.34. The second-order valence-corrected chi connectivity index (χ2v) is 7.42. The standard InChI is InChI=1S/C21H22F3N3O4/c1-12(28)27-8-6-13(7-9-27)11-31-16-5-3-2-4-14(16)15-10-17(21(22,23)24)26-20(30)18(15)19(25)29/h2-5,10,13H,6-9,11H2,1H3,(H2,25,29)(H,26,30). The maximum Gasteiger partial charge on any atom is 0.431 e. The zero-order valence-corrected chi connectivity index (χ0v) is 16.8. The molecule has 3 N–H and O–H groups in total. The molecule has 3 rings (SSSR count). The predicted molar refractivity (Wildman–Crippen MR) is 106 cm³/mol. The Morgan fingerprint density at radius 2 is 1.84 bits per heavy atom. The highest BCUT2D eigenvalue weighted by atomic mass is 19.4. The van der Waals surface area contributed by atoms with Crippen molar-refractivity contribution in [2.24, 2.45) is 11.7 Å². The number of carbonyl (C=O) groups is 2. The van der Waals surface area contributed by atoms with Crippen LogP contribution < -0.4 is 16.0 Å². The summed E-state index contributed by atoms with van der Waals surface area (Å²) < 4.78 is 45.6. The Morgan fingerprint density at radius 1 is 1.19 bits per heavy atom. The number of likely N-dealkylation sites (tertiary alicyclic amines) is 1. The molecule has 1 aromatic heterocycles. The van der Waals surface area contributed by atoms with Crippen LogP contribution in [0.3, 0.4) is 0 Å². The van der Waals surface area contributed by atoms with Crippen molar-refractivity contribution in [2.45, 2.75) is 25.9 Å². The molecule has 2 aromatic rings. The summed E-state index contributed by atoms with van der Waals surface area (Å²) in [5, 5.41) is 0. The lowest BCUT2D eigenvalue weighted by Crippen LogP contribution is -2.38. The first-order valence-corrected chi connectivity index (χ1v) is 9.70. The molecular formula is C21H22F3N3O4. The fourth-order valence-corrected chi connectivity index (χ4v) is 3.61. The molecule has 0 spiro atoms. The Kier molecular flexibility index (Phi) is 6.37. The molecule has 0 saturated carbocycles. The van der Waals surface area contributed by atoms with Crippen molar-refractivity contribution >= 4 is 11.8 Å². The van der Waals surface area contributed by atoms with E-state index >= 15 is 0 Å². The van der Waals surface area contributed by atoms with E-state index in [1.54, 1.807) is 28.1 Å². The lowest BCUT2D eigenvalue weighted by atomic mass is 9.97. The number of aromatic nitrogens is 1. The molecule has 0 atom stereocenters. The van der Waals surface area contributed by atoms with Gasteiger partial charge in [-0.25, -0.2) is 0 Å². The lowest BCUT2D eigenvalue weighted by Gasteiger charge is -2.31. The first-order chi connectivity index (χ1) is 14.6. The van der Waals surface area contributed by atoms with Gasteiger partial charge < -0.3 is 20.4 Å². The second-order valence-electron chi connectivity index (χ2n) is 7.42. The van der Waals surface area contributed by atoms with Gasteiger partial charge in [0.05, 0.1) is 6.61 Å². The molecule has 166 valence electrons. The predicted octanol–water partition coefficient (Wildman–Crippen LogP) is 2.80. The van der Waals surface area contributed by atoms with Crippen LogP contribution in [-0.2, 0) is 11.0 Å². The summed E-state index contributed by atoms with van der Waals surface area (Å²) in [6.45, 7) is 3.02. The maximum absolute atomic E-state index is 13.2. The number of rotatable bonds is 5. The number of carbonyl (C=O) groups excluding carboxylic acids is 2. The molecule has 1 aliphatic heterocycles. The number of nitrogens with zero attached hydrogens (tertiary/aromatic N) is 1. The molecule has 31 heavy (non-hydrogen) atoms. The van der Waals surface area contributed by atoms with Crippen LogP contribution in [0, 0.1) is 5.92 Å². The van der Waals surface area contributed by atoms with Gasteiger partial charge in [0.2, 0.25) is 5.91 Å². The molecule has 1 aromatic carbocycles. The molecule has 2 amide bonds. The van der Waals surface area contributed by atoms with E-state index in [-0.39, 0.29) is 35.3 Å². The van der Waals surface area contributed by atoms with E-state index in [0.717, 1.165) is 12.8 Å². The van der Waals surface area contributed by atoms with E-state index in [4.69, 9.17) is 10.5 Å². The highest BCUT2D eigenvalue weighted by molar-refractivity contribution is 6.00. The number of piperidine rings is 1. The van der Waals surface area contributed by atoms with Crippen molar-refractivity contribution in [2.75, 3.05) is 19.7 Å². The van der Waals surface area contributed by atoms with Gasteiger partial charge in [0, 0.05) is 31.1 Å². The number of halogens is 3. The van der Waals surface area contributed by atoms with E-state index in [1.165, 1.54) is 13.0 Å². The Hall–Kier alpha value is -3.30. The summed E-state index contributed by atoms with van der Waals surface area (Å²) in [6.07, 6.45) is -3.35. The zero-order valence-electron chi connectivity index (χ0n) is 16.8. The van der Waals surface area contributed by atoms with Crippen molar-refractivity contribution in [3.05, 3.63) is 51.9 Å². The Labute approximate surface area is 176 Å². The van der Waals surface area contributed by atoms with Crippen LogP contribution in [0.4, 0.5) is 13.2 Å². The second kappa shape index (κ2) is 8.83. The molecule has 1 aliphatic rings. The van der Waals surface area contributed by atoms with Crippen molar-refractivity contribution < 1.29 is 27.5 Å². The number of para-hydroxylation sites is 1. The third-order valence-corrected chi connectivity index (χ3v) is 5.30. The molecular weight excluding hydrogens is 415 g/mol. The Morgan fingerprint density at radius 3 is 2.42 bits per heavy atom. The van der Waals surface area contributed by atoms with Gasteiger partial charge in [-0.15, -0.1) is 0 Å². The molecule has 1 fully saturated rings. The number of ether oxygens (including phenoxy) is 1. The third kappa shape index (κ3) is 5.07. The van der Waals surface area contributed by atoms with E-state index in [2.05, 4.69) is 0 Å². The van der Waals surface area contributed by atoms with Gasteiger partial charge in [0.25, 0.3) is 11.5 Å². The van der Waals surface area contributed by atoms with E-state index in [1.807, 2.05) is 0 Å². The summed E-state index contributed by atoms with van der Waals surface area (Å²) in [7, 11) is 0. The average Bonchev–Trinajstić information content (AvgIpc) is 2.71. The van der Waals surface area contributed by atoms with Crippen LogP contribution >= 0.6 is 0 Å². The minimum atomic E-state index is -4.81. The van der Waals surface area contributed by atoms with E-state index in [9.17, 15) is 27.6 Å². The minimum absolute atomic E-state index is 0.0125. The third-order valence-electron chi connectivity index (χ3n) is 5.30. The van der Waals surface area contributed by atoms with Crippen molar-refractivity contribution in [3.8, 4) is 16.9 Å². The van der Waals surface area contributed by atoms with Gasteiger partial charge in [0.15, 0.2) is 0 Å². The van der Waals surface area contributed by atoms with Crippen molar-refractivity contribution in [1.82, 2.24) is 9.88 Å². The Balaban J connectivity index is 1.91. The van der Waals surface area contributed by atoms with Crippen LogP contribution in [0.1, 0.15) is 35.8 Å². The molecule has 0 bridgehead atoms. The van der Waals surface area contributed by atoms with Gasteiger partial charge in [-0.3, -0.25) is 14.4 Å². The number of nitrogens with two attached hydrogens (primary N) is 1. The molecule has 2 heterocycles. The first-order valence-electron chi connectivity index (χ1n) is 9.70. The number of primary amides is 1. The van der Waals surface area contributed by atoms with Crippen LogP contribution in [0.2, 0.25) is 0 Å². The van der Waals surface area contributed by atoms with Gasteiger partial charge >= 0.3 is 6.18 Å². The van der Waals surface area contributed by atoms with Gasteiger partial charge in [-0.05, 0) is 30.9 Å². The summed E-state index contributed by atoms with van der Waals surface area (Å²) in [6, 6.07) is 6.91. The van der Waals surface area contributed by atoms with E-state index < -0.39 is 28.9 Å². The number of hydrogen-bond acceptors (Lipinski definition) is 4. The molecule has 0 aliphatic carbocycles. The number of aromatic amines is 1. The first kappa shape index (κ1) is 22.4. The number of H-pyrrole nitrogens is 1. The van der Waals surface area contributed by atoms with Crippen LogP contribution in [0.15, 0.2) is 35.1 Å².